The number of ether oxygens (including phenoxy) is 2. The van der Waals surface area contributed by atoms with Crippen molar-refractivity contribution in [2.75, 3.05) is 11.1 Å². The van der Waals surface area contributed by atoms with Crippen LogP contribution in [0.4, 0.5) is 18.2 Å². The molecule has 2 aromatic heterocycles. The number of carbonyl (C=O) groups excluding carboxylic acids is 3. The fraction of sp³-hybridized carbons (Fsp3) is 0.375. The number of nitrogens with zero attached hydrogens (tertiary/aromatic N) is 3. The van der Waals surface area contributed by atoms with Gasteiger partial charge >= 0.3 is 12.1 Å². The van der Waals surface area contributed by atoms with E-state index in [0.717, 1.165) is 35.2 Å². The molecule has 0 spiro atoms. The minimum absolute atomic E-state index is 0.0254. The summed E-state index contributed by atoms with van der Waals surface area (Å²) in [6.45, 7) is 6.98. The summed E-state index contributed by atoms with van der Waals surface area (Å²) >= 11 is 1.94. The van der Waals surface area contributed by atoms with E-state index in [1.807, 2.05) is 6.92 Å². The van der Waals surface area contributed by atoms with Crippen molar-refractivity contribution in [3.63, 3.8) is 0 Å². The number of alkyl halides is 3. The van der Waals surface area contributed by atoms with Crippen molar-refractivity contribution in [2.24, 2.45) is 5.73 Å². The lowest BCUT2D eigenvalue weighted by Crippen LogP contribution is -2.18. The number of esters is 1. The number of benzene rings is 1. The van der Waals surface area contributed by atoms with E-state index < -0.39 is 35.6 Å². The molecular weight excluding hydrogens is 559 g/mol. The van der Waals surface area contributed by atoms with Gasteiger partial charge in [-0.2, -0.15) is 13.2 Å². The lowest BCUT2D eigenvalue weighted by atomic mass is 10.1. The number of thiophene rings is 1. The number of carbonyl (C=O) groups is 3. The third-order valence-electron chi connectivity index (χ3n) is 5.14. The summed E-state index contributed by atoms with van der Waals surface area (Å²) in [7, 11) is 0. The molecule has 0 aliphatic carbocycles. The highest BCUT2D eigenvalue weighted by molar-refractivity contribution is 7.99. The van der Waals surface area contributed by atoms with Crippen molar-refractivity contribution in [1.82, 2.24) is 14.8 Å². The van der Waals surface area contributed by atoms with E-state index in [1.54, 1.807) is 25.3 Å². The number of thioether (sulfide) groups is 1. The molecule has 0 unspecified atom stereocenters. The molecule has 0 radical (unpaired) electrons. The third-order valence-corrected chi connectivity index (χ3v) is 7.33. The predicted octanol–water partition coefficient (Wildman–Crippen LogP) is 4.66. The number of nitrogens with two attached hydrogens (primary N) is 1. The first kappa shape index (κ1) is 30.0. The molecule has 3 rings (SSSR count). The number of aromatic nitrogens is 3. The highest BCUT2D eigenvalue weighted by Crippen LogP contribution is 2.34. The Kier molecular flexibility index (Phi) is 9.61. The van der Waals surface area contributed by atoms with Gasteiger partial charge in [-0.05, 0) is 51.5 Å². The number of amides is 2. The van der Waals surface area contributed by atoms with Gasteiger partial charge in [-0.1, -0.05) is 17.8 Å². The number of nitrogens with one attached hydrogen (secondary N) is 1. The number of anilines is 1. The van der Waals surface area contributed by atoms with E-state index in [2.05, 4.69) is 15.5 Å². The quantitative estimate of drug-likeness (QED) is 0.245. The van der Waals surface area contributed by atoms with Crippen molar-refractivity contribution < 1.29 is 37.0 Å². The molecule has 3 N–H and O–H groups in total. The number of primary amides is 1. The van der Waals surface area contributed by atoms with E-state index in [1.165, 1.54) is 12.1 Å². The standard InChI is InChI=1S/C24H26F3N5O5S2/c1-5-32-16(10-36-15-8-6-7-14(9-15)24(25,26)27)30-31-23(32)38-11-17(33)29-21-18(22(35)37-12(2)3)13(4)19(39-21)20(28)34/h6-9,12H,5,10-11H2,1-4H3,(H2,28,34)(H,29,33). The Hall–Kier alpha value is -3.59. The van der Waals surface area contributed by atoms with Gasteiger partial charge in [0.2, 0.25) is 5.91 Å². The Bertz CT molecular complexity index is 1370. The van der Waals surface area contributed by atoms with Gasteiger partial charge in [0, 0.05) is 6.54 Å². The molecule has 1 aromatic carbocycles. The second-order valence-electron chi connectivity index (χ2n) is 8.37. The van der Waals surface area contributed by atoms with Crippen LogP contribution in [0.3, 0.4) is 0 Å². The monoisotopic (exact) mass is 585 g/mol. The Morgan fingerprint density at radius 1 is 1.23 bits per heavy atom. The van der Waals surface area contributed by atoms with Crippen molar-refractivity contribution in [2.45, 2.75) is 58.3 Å². The van der Waals surface area contributed by atoms with E-state index in [0.29, 0.717) is 23.1 Å². The van der Waals surface area contributed by atoms with Crippen LogP contribution in [-0.4, -0.2) is 44.4 Å². The predicted molar refractivity (Wildman–Crippen MR) is 139 cm³/mol. The van der Waals surface area contributed by atoms with Crippen LogP contribution in [0.15, 0.2) is 29.4 Å². The van der Waals surface area contributed by atoms with Crippen LogP contribution in [0, 0.1) is 6.92 Å². The normalized spacial score (nSPS) is 11.5. The maximum atomic E-state index is 12.9. The van der Waals surface area contributed by atoms with Crippen LogP contribution >= 0.6 is 23.1 Å². The molecule has 0 saturated carbocycles. The molecule has 2 heterocycles. The highest BCUT2D eigenvalue weighted by atomic mass is 32.2. The fourth-order valence-corrected chi connectivity index (χ4v) is 5.29. The average molecular weight is 586 g/mol. The SMILES string of the molecule is CCn1c(COc2cccc(C(F)(F)F)c2)nnc1SCC(=O)Nc1sc(C(N)=O)c(C)c1C(=O)OC(C)C. The van der Waals surface area contributed by atoms with Crippen LogP contribution < -0.4 is 15.8 Å². The van der Waals surface area contributed by atoms with Crippen molar-refractivity contribution in [3.05, 3.63) is 51.7 Å². The summed E-state index contributed by atoms with van der Waals surface area (Å²) in [6.07, 6.45) is -4.91. The van der Waals surface area contributed by atoms with Gasteiger partial charge < -0.3 is 25.1 Å². The van der Waals surface area contributed by atoms with Gasteiger partial charge in [0.25, 0.3) is 5.91 Å². The summed E-state index contributed by atoms with van der Waals surface area (Å²) < 4.78 is 51.2. The number of halogens is 3. The molecule has 0 fully saturated rings. The zero-order chi connectivity index (χ0) is 28.9. The van der Waals surface area contributed by atoms with E-state index in [9.17, 15) is 27.6 Å². The largest absolute Gasteiger partial charge is 0.486 e. The molecule has 3 aromatic rings. The first-order valence-electron chi connectivity index (χ1n) is 11.6. The van der Waals surface area contributed by atoms with Crippen LogP contribution in [0.25, 0.3) is 0 Å². The summed E-state index contributed by atoms with van der Waals surface area (Å²) in [5.74, 6) is -1.64. The molecule has 210 valence electrons. The van der Waals surface area contributed by atoms with Crippen LogP contribution in [0.5, 0.6) is 5.75 Å². The Morgan fingerprint density at radius 2 is 1.95 bits per heavy atom. The van der Waals surface area contributed by atoms with Gasteiger partial charge in [-0.25, -0.2) is 4.79 Å². The fourth-order valence-electron chi connectivity index (χ4n) is 3.41. The van der Waals surface area contributed by atoms with Gasteiger partial charge in [0.15, 0.2) is 11.0 Å². The number of hydrogen-bond acceptors (Lipinski definition) is 9. The third kappa shape index (κ3) is 7.50. The Balaban J connectivity index is 1.68. The van der Waals surface area contributed by atoms with Crippen molar-refractivity contribution >= 4 is 45.9 Å². The Labute approximate surface area is 230 Å². The van der Waals surface area contributed by atoms with E-state index >= 15 is 0 Å². The highest BCUT2D eigenvalue weighted by Gasteiger charge is 2.31. The molecule has 15 heteroatoms. The number of rotatable bonds is 11. The summed E-state index contributed by atoms with van der Waals surface area (Å²) in [6, 6.07) is 4.50. The smallest absolute Gasteiger partial charge is 0.416 e. The van der Waals surface area contributed by atoms with Crippen LogP contribution in [0.2, 0.25) is 0 Å². The minimum Gasteiger partial charge on any atom is -0.486 e. The summed E-state index contributed by atoms with van der Waals surface area (Å²) in [5, 5.41) is 11.3. The molecule has 0 atom stereocenters. The number of hydrogen-bond donors (Lipinski definition) is 2. The lowest BCUT2D eigenvalue weighted by molar-refractivity contribution is -0.137. The molecule has 0 bridgehead atoms. The summed E-state index contributed by atoms with van der Waals surface area (Å²) in [4.78, 5) is 37.3. The second kappa shape index (κ2) is 12.5. The molecule has 0 aliphatic rings. The first-order valence-corrected chi connectivity index (χ1v) is 13.4. The maximum Gasteiger partial charge on any atom is 0.416 e. The van der Waals surface area contributed by atoms with Crippen LogP contribution in [0.1, 0.15) is 57.8 Å². The van der Waals surface area contributed by atoms with E-state index in [4.69, 9.17) is 15.2 Å². The molecule has 39 heavy (non-hydrogen) atoms. The second-order valence-corrected chi connectivity index (χ2v) is 10.3. The zero-order valence-electron chi connectivity index (χ0n) is 21.4. The first-order chi connectivity index (χ1) is 18.3. The van der Waals surface area contributed by atoms with Gasteiger partial charge in [0.1, 0.15) is 17.4 Å². The average Bonchev–Trinajstić information content (AvgIpc) is 3.40. The maximum absolute atomic E-state index is 12.9. The van der Waals surface area contributed by atoms with Crippen molar-refractivity contribution in [3.8, 4) is 5.75 Å². The topological polar surface area (TPSA) is 138 Å². The van der Waals surface area contributed by atoms with Gasteiger partial charge in [-0.3, -0.25) is 9.59 Å². The van der Waals surface area contributed by atoms with E-state index in [-0.39, 0.29) is 33.6 Å². The summed E-state index contributed by atoms with van der Waals surface area (Å²) in [5.41, 5.74) is 4.96. The van der Waals surface area contributed by atoms with Gasteiger partial charge in [0.05, 0.1) is 27.9 Å². The minimum atomic E-state index is -4.49. The lowest BCUT2D eigenvalue weighted by Gasteiger charge is -2.11. The van der Waals surface area contributed by atoms with Gasteiger partial charge in [-0.15, -0.1) is 21.5 Å². The molecule has 0 saturated heterocycles. The molecule has 0 aliphatic heterocycles. The van der Waals surface area contributed by atoms with Crippen LogP contribution in [-0.2, 0) is 28.9 Å². The zero-order valence-corrected chi connectivity index (χ0v) is 23.1. The molecule has 2 amide bonds. The molecular formula is C24H26F3N5O5S2. The van der Waals surface area contributed by atoms with Crippen molar-refractivity contribution in [1.29, 1.82) is 0 Å². The Morgan fingerprint density at radius 3 is 2.56 bits per heavy atom. The molecule has 10 nitrogen and oxygen atoms in total.